The predicted molar refractivity (Wildman–Crippen MR) is 261 cm³/mol. The van der Waals surface area contributed by atoms with Crippen molar-refractivity contribution in [1.82, 2.24) is 0 Å². The number of phosphoric acid groups is 1. The van der Waals surface area contributed by atoms with Crippen molar-refractivity contribution < 1.29 is 52.2 Å². The van der Waals surface area contributed by atoms with Gasteiger partial charge in [-0.3, -0.25) is 23.4 Å². The zero-order valence-corrected chi connectivity index (χ0v) is 42.4. The average Bonchev–Trinajstić information content (AvgIpc) is 3.28. The van der Waals surface area contributed by atoms with Gasteiger partial charge in [0.25, 0.3) is 0 Å². The van der Waals surface area contributed by atoms with Gasteiger partial charge in [-0.25, -0.2) is 4.57 Å². The lowest BCUT2D eigenvalue weighted by atomic mass is 10.1. The molecule has 0 aromatic carbocycles. The smallest absolute Gasteiger partial charge is 0.462 e. The molecule has 3 atom stereocenters. The lowest BCUT2D eigenvalue weighted by Gasteiger charge is -2.21. The number of esters is 3. The molecule has 0 aliphatic rings. The first-order valence-electron chi connectivity index (χ1n) is 26.6. The van der Waals surface area contributed by atoms with Crippen LogP contribution < -0.4 is 0 Å². The van der Waals surface area contributed by atoms with E-state index in [1.165, 1.54) is 148 Å². The molecule has 0 fully saturated rings. The summed E-state index contributed by atoms with van der Waals surface area (Å²) in [7, 11) is -4.72. The van der Waals surface area contributed by atoms with Gasteiger partial charge in [0.15, 0.2) is 6.10 Å². The first-order valence-corrected chi connectivity index (χ1v) is 28.1. The number of rotatable bonds is 50. The minimum absolute atomic E-state index is 0.173. The minimum atomic E-state index is -4.72. The van der Waals surface area contributed by atoms with E-state index < -0.39 is 57.8 Å². The van der Waals surface area contributed by atoms with Crippen LogP contribution in [0.4, 0.5) is 0 Å². The van der Waals surface area contributed by atoms with Gasteiger partial charge in [-0.05, 0) is 44.9 Å². The summed E-state index contributed by atoms with van der Waals surface area (Å²) in [6.07, 6.45) is 43.4. The Balaban J connectivity index is 4.58. The first-order chi connectivity index (χ1) is 31.2. The van der Waals surface area contributed by atoms with Crippen LogP contribution in [0.25, 0.3) is 0 Å². The van der Waals surface area contributed by atoms with Gasteiger partial charge in [-0.15, -0.1) is 0 Å². The number of aliphatic hydroxyl groups is 1. The molecule has 0 radical (unpaired) electrons. The van der Waals surface area contributed by atoms with E-state index >= 15 is 0 Å². The molecular weight excluding hydrogens is 832 g/mol. The number of aliphatic hydroxyl groups excluding tert-OH is 1. The third-order valence-corrected chi connectivity index (χ3v) is 12.6. The highest BCUT2D eigenvalue weighted by Gasteiger charge is 2.28. The number of allylic oxidation sites excluding steroid dienone is 2. The fourth-order valence-electron chi connectivity index (χ4n) is 7.59. The van der Waals surface area contributed by atoms with Gasteiger partial charge in [0.1, 0.15) is 12.7 Å². The summed E-state index contributed by atoms with van der Waals surface area (Å²) in [6.45, 7) is 4.61. The summed E-state index contributed by atoms with van der Waals surface area (Å²) in [4.78, 5) is 48.1. The van der Waals surface area contributed by atoms with Gasteiger partial charge >= 0.3 is 25.7 Å². The molecule has 0 bridgehead atoms. The van der Waals surface area contributed by atoms with E-state index in [4.69, 9.17) is 23.3 Å². The number of ether oxygens (including phenoxy) is 3. The fourth-order valence-corrected chi connectivity index (χ4v) is 8.37. The van der Waals surface area contributed by atoms with Crippen LogP contribution in [0.5, 0.6) is 0 Å². The Morgan fingerprint density at radius 2 is 0.719 bits per heavy atom. The van der Waals surface area contributed by atoms with Crippen LogP contribution in [0.15, 0.2) is 12.2 Å². The second-order valence-electron chi connectivity index (χ2n) is 18.1. The van der Waals surface area contributed by atoms with Crippen LogP contribution in [0, 0.1) is 0 Å². The molecule has 3 unspecified atom stereocenters. The number of hydrogen-bond donors (Lipinski definition) is 2. The number of carbonyl (C=O) groups excluding carboxylic acids is 3. The standard InChI is InChI=1S/C52H99O11P/c1-4-7-10-13-16-19-20-21-22-23-24-25-26-27-28-31-32-35-38-41-50(54)59-45-49(63-52(56)43-40-37-34-30-18-15-12-9-6-3)47-61-64(57,58)60-46-48(44-53)62-51(55)42-39-36-33-29-17-14-11-8-5-2/h21-22,48-49,53H,4-20,23-47H2,1-3H3,(H,57,58)/b22-21-. The maximum absolute atomic E-state index is 12.8. The van der Waals surface area contributed by atoms with Crippen LogP contribution in [0.2, 0.25) is 0 Å². The van der Waals surface area contributed by atoms with Crippen molar-refractivity contribution in [3.63, 3.8) is 0 Å². The van der Waals surface area contributed by atoms with Crippen molar-refractivity contribution in [2.24, 2.45) is 0 Å². The van der Waals surface area contributed by atoms with Crippen molar-refractivity contribution in [2.75, 3.05) is 26.4 Å². The third kappa shape index (κ3) is 45.4. The molecule has 0 amide bonds. The maximum atomic E-state index is 12.8. The second-order valence-corrected chi connectivity index (χ2v) is 19.5. The van der Waals surface area contributed by atoms with Crippen LogP contribution in [-0.4, -0.2) is 66.5 Å². The molecule has 64 heavy (non-hydrogen) atoms. The van der Waals surface area contributed by atoms with E-state index in [0.717, 1.165) is 57.8 Å². The summed E-state index contributed by atoms with van der Waals surface area (Å²) in [5, 5.41) is 9.73. The zero-order valence-electron chi connectivity index (χ0n) is 41.5. The van der Waals surface area contributed by atoms with Crippen molar-refractivity contribution >= 4 is 25.7 Å². The minimum Gasteiger partial charge on any atom is -0.462 e. The number of hydrogen-bond acceptors (Lipinski definition) is 10. The summed E-state index contributed by atoms with van der Waals surface area (Å²) in [6, 6.07) is 0. The van der Waals surface area contributed by atoms with Crippen molar-refractivity contribution in [2.45, 2.75) is 277 Å². The zero-order chi connectivity index (χ0) is 47.0. The molecule has 0 spiro atoms. The summed E-state index contributed by atoms with van der Waals surface area (Å²) < 4.78 is 39.2. The molecular formula is C52H99O11P. The number of carbonyl (C=O) groups is 3. The topological polar surface area (TPSA) is 155 Å². The van der Waals surface area contributed by atoms with E-state index in [1.54, 1.807) is 0 Å². The third-order valence-electron chi connectivity index (χ3n) is 11.7. The number of unbranched alkanes of at least 4 members (excludes halogenated alkanes) is 31. The highest BCUT2D eigenvalue weighted by atomic mass is 31.2. The Hall–Kier alpha value is -1.78. The first kappa shape index (κ1) is 62.2. The maximum Gasteiger partial charge on any atom is 0.472 e. The van der Waals surface area contributed by atoms with E-state index in [1.807, 2.05) is 0 Å². The highest BCUT2D eigenvalue weighted by molar-refractivity contribution is 7.47. The molecule has 0 aromatic heterocycles. The molecule has 2 N–H and O–H groups in total. The van der Waals surface area contributed by atoms with Gasteiger partial charge in [-0.2, -0.15) is 0 Å². The molecule has 0 aromatic rings. The Kier molecular flexibility index (Phi) is 46.4. The lowest BCUT2D eigenvalue weighted by molar-refractivity contribution is -0.161. The SMILES string of the molecule is CCCCCCCC/C=C\CCCCCCCCCCCC(=O)OCC(COP(=O)(O)OCC(CO)OC(=O)CCCCCCCCCCC)OC(=O)CCCCCCCCCCC. The van der Waals surface area contributed by atoms with Crippen molar-refractivity contribution in [1.29, 1.82) is 0 Å². The molecule has 0 rings (SSSR count). The molecule has 0 saturated heterocycles. The normalized spacial score (nSPS) is 13.5. The van der Waals surface area contributed by atoms with E-state index in [-0.39, 0.29) is 25.9 Å². The molecule has 378 valence electrons. The summed E-state index contributed by atoms with van der Waals surface area (Å²) in [5.41, 5.74) is 0. The Morgan fingerprint density at radius 3 is 1.08 bits per heavy atom. The quantitative estimate of drug-likeness (QED) is 0.0197. The molecule has 0 aliphatic carbocycles. The molecule has 12 heteroatoms. The van der Waals surface area contributed by atoms with Crippen LogP contribution in [0.3, 0.4) is 0 Å². The number of phosphoric ester groups is 1. The molecule has 0 aliphatic heterocycles. The van der Waals surface area contributed by atoms with Crippen LogP contribution >= 0.6 is 7.82 Å². The van der Waals surface area contributed by atoms with Gasteiger partial charge in [0, 0.05) is 19.3 Å². The predicted octanol–water partition coefficient (Wildman–Crippen LogP) is 14.9. The van der Waals surface area contributed by atoms with E-state index in [2.05, 4.69) is 32.9 Å². The average molecular weight is 931 g/mol. The van der Waals surface area contributed by atoms with Gasteiger partial charge in [-0.1, -0.05) is 213 Å². The largest absolute Gasteiger partial charge is 0.472 e. The van der Waals surface area contributed by atoms with Gasteiger partial charge in [0.2, 0.25) is 0 Å². The van der Waals surface area contributed by atoms with E-state index in [9.17, 15) is 28.9 Å². The molecule has 0 heterocycles. The van der Waals surface area contributed by atoms with Crippen LogP contribution in [0.1, 0.15) is 265 Å². The molecule has 11 nitrogen and oxygen atoms in total. The highest BCUT2D eigenvalue weighted by Crippen LogP contribution is 2.43. The van der Waals surface area contributed by atoms with Gasteiger partial charge in [0.05, 0.1) is 19.8 Å². The van der Waals surface area contributed by atoms with E-state index in [0.29, 0.717) is 19.3 Å². The Bertz CT molecular complexity index is 1130. The fraction of sp³-hybridized carbons (Fsp3) is 0.904. The van der Waals surface area contributed by atoms with Crippen molar-refractivity contribution in [3.8, 4) is 0 Å². The second kappa shape index (κ2) is 47.7. The van der Waals surface area contributed by atoms with Crippen molar-refractivity contribution in [3.05, 3.63) is 12.2 Å². The summed E-state index contributed by atoms with van der Waals surface area (Å²) in [5.74, 6) is -1.45. The van der Waals surface area contributed by atoms with Gasteiger partial charge < -0.3 is 24.2 Å². The summed E-state index contributed by atoms with van der Waals surface area (Å²) >= 11 is 0. The Morgan fingerprint density at radius 1 is 0.422 bits per heavy atom. The monoisotopic (exact) mass is 931 g/mol. The lowest BCUT2D eigenvalue weighted by Crippen LogP contribution is -2.30. The van der Waals surface area contributed by atoms with Crippen LogP contribution in [-0.2, 0) is 42.2 Å². The molecule has 0 saturated carbocycles. The Labute approximate surface area is 392 Å².